The fourth-order valence-corrected chi connectivity index (χ4v) is 4.78. The van der Waals surface area contributed by atoms with Gasteiger partial charge in [0.15, 0.2) is 17.6 Å². The number of methoxy groups -OCH3 is 1. The predicted octanol–water partition coefficient (Wildman–Crippen LogP) is 2.82. The molecule has 1 aliphatic rings. The van der Waals surface area contributed by atoms with E-state index in [9.17, 15) is 4.79 Å². The Morgan fingerprint density at radius 3 is 2.79 bits per heavy atom. The van der Waals surface area contributed by atoms with Crippen LogP contribution in [0.3, 0.4) is 0 Å². The van der Waals surface area contributed by atoms with E-state index in [2.05, 4.69) is 30.4 Å². The Balaban J connectivity index is 1.30. The maximum atomic E-state index is 11.2. The second kappa shape index (κ2) is 9.22. The lowest BCUT2D eigenvalue weighted by molar-refractivity contribution is -0.127. The van der Waals surface area contributed by atoms with Gasteiger partial charge in [0.1, 0.15) is 16.2 Å². The molecule has 0 spiro atoms. The van der Waals surface area contributed by atoms with Crippen molar-refractivity contribution in [1.29, 1.82) is 0 Å². The van der Waals surface area contributed by atoms with Crippen LogP contribution in [-0.4, -0.2) is 75.9 Å². The molecule has 1 fully saturated rings. The third kappa shape index (κ3) is 4.42. The molecule has 0 amide bonds. The fraction of sp³-hybridized carbons (Fsp3) is 0.318. The van der Waals surface area contributed by atoms with Crippen molar-refractivity contribution in [2.45, 2.75) is 13.2 Å². The number of aldehydes is 1. The number of thiazole rings is 1. The SMILES string of the molecule is COC(C=O)N1CCN(c2ccnc(Nc3nc4cc(-c5cn[nH]c5C)cnc4s3)c2)CC1. The minimum atomic E-state index is -0.479. The Hall–Kier alpha value is -3.41. The molecule has 1 unspecified atom stereocenters. The lowest BCUT2D eigenvalue weighted by atomic mass is 10.1. The van der Waals surface area contributed by atoms with Crippen molar-refractivity contribution in [2.75, 3.05) is 43.5 Å². The van der Waals surface area contributed by atoms with Crippen molar-refractivity contribution in [2.24, 2.45) is 0 Å². The first kappa shape index (κ1) is 21.4. The number of carbonyl (C=O) groups excluding carboxylic acids is 1. The molecule has 1 atom stereocenters. The summed E-state index contributed by atoms with van der Waals surface area (Å²) in [6, 6.07) is 6.04. The predicted molar refractivity (Wildman–Crippen MR) is 128 cm³/mol. The molecule has 11 heteroatoms. The fourth-order valence-electron chi connectivity index (χ4n) is 3.98. The van der Waals surface area contributed by atoms with E-state index in [0.29, 0.717) is 0 Å². The summed E-state index contributed by atoms with van der Waals surface area (Å²) >= 11 is 1.49. The highest BCUT2D eigenvalue weighted by atomic mass is 32.1. The number of fused-ring (bicyclic) bond motifs is 1. The number of aryl methyl sites for hydroxylation is 1. The Morgan fingerprint density at radius 2 is 2.06 bits per heavy atom. The number of aromatic amines is 1. The first-order valence-corrected chi connectivity index (χ1v) is 11.4. The monoisotopic (exact) mass is 464 g/mol. The summed E-state index contributed by atoms with van der Waals surface area (Å²) in [5, 5.41) is 11.1. The molecule has 0 bridgehead atoms. The third-order valence-corrected chi connectivity index (χ3v) is 6.66. The first-order chi connectivity index (χ1) is 16.1. The van der Waals surface area contributed by atoms with Crippen molar-refractivity contribution in [3.8, 4) is 11.1 Å². The highest BCUT2D eigenvalue weighted by molar-refractivity contribution is 7.21. The van der Waals surface area contributed by atoms with Gasteiger partial charge in [-0.2, -0.15) is 5.10 Å². The van der Waals surface area contributed by atoms with E-state index in [4.69, 9.17) is 9.72 Å². The molecule has 5 heterocycles. The summed E-state index contributed by atoms with van der Waals surface area (Å²) in [6.07, 6.45) is 5.80. The second-order valence-corrected chi connectivity index (χ2v) is 8.76. The topological polar surface area (TPSA) is 112 Å². The molecule has 5 rings (SSSR count). The Labute approximate surface area is 194 Å². The summed E-state index contributed by atoms with van der Waals surface area (Å²) < 4.78 is 5.23. The highest BCUT2D eigenvalue weighted by Crippen LogP contribution is 2.31. The zero-order valence-electron chi connectivity index (χ0n) is 18.4. The van der Waals surface area contributed by atoms with Crippen LogP contribution >= 0.6 is 11.3 Å². The van der Waals surface area contributed by atoms with Crippen molar-refractivity contribution in [1.82, 2.24) is 30.0 Å². The summed E-state index contributed by atoms with van der Waals surface area (Å²) in [7, 11) is 1.56. The molecule has 4 aromatic rings. The van der Waals surface area contributed by atoms with Gasteiger partial charge in [-0.25, -0.2) is 15.0 Å². The summed E-state index contributed by atoms with van der Waals surface area (Å²) in [4.78, 5) is 30.1. The molecule has 4 aromatic heterocycles. The molecule has 33 heavy (non-hydrogen) atoms. The number of carbonyl (C=O) groups is 1. The van der Waals surface area contributed by atoms with Crippen LogP contribution in [0.1, 0.15) is 5.69 Å². The van der Waals surface area contributed by atoms with Gasteiger partial charge >= 0.3 is 0 Å². The summed E-state index contributed by atoms with van der Waals surface area (Å²) in [5.41, 5.74) is 4.90. The van der Waals surface area contributed by atoms with Gasteiger partial charge in [-0.3, -0.25) is 14.8 Å². The van der Waals surface area contributed by atoms with Crippen LogP contribution in [0.4, 0.5) is 16.6 Å². The number of nitrogens with one attached hydrogen (secondary N) is 2. The second-order valence-electron chi connectivity index (χ2n) is 7.79. The van der Waals surface area contributed by atoms with E-state index in [0.717, 1.165) is 76.3 Å². The quantitative estimate of drug-likeness (QED) is 0.399. The molecule has 170 valence electrons. The largest absolute Gasteiger partial charge is 0.369 e. The van der Waals surface area contributed by atoms with E-state index < -0.39 is 6.23 Å². The maximum Gasteiger partial charge on any atom is 0.190 e. The van der Waals surface area contributed by atoms with Crippen LogP contribution in [0.15, 0.2) is 36.8 Å². The van der Waals surface area contributed by atoms with Gasteiger partial charge in [0, 0.05) is 74.3 Å². The average Bonchev–Trinajstić information content (AvgIpc) is 3.45. The Bertz CT molecular complexity index is 1260. The number of hydrogen-bond donors (Lipinski definition) is 2. The molecule has 1 saturated heterocycles. The van der Waals surface area contributed by atoms with Crippen molar-refractivity contribution < 1.29 is 9.53 Å². The van der Waals surface area contributed by atoms with Crippen molar-refractivity contribution in [3.63, 3.8) is 0 Å². The number of aromatic nitrogens is 5. The number of pyridine rings is 2. The Kier molecular flexibility index (Phi) is 5.99. The maximum absolute atomic E-state index is 11.2. The number of ether oxygens (including phenoxy) is 1. The van der Waals surface area contributed by atoms with Crippen molar-refractivity contribution in [3.05, 3.63) is 42.5 Å². The molecule has 1 aliphatic heterocycles. The van der Waals surface area contributed by atoms with Gasteiger partial charge in [0.05, 0.1) is 6.20 Å². The van der Waals surface area contributed by atoms with Crippen LogP contribution in [-0.2, 0) is 9.53 Å². The zero-order valence-corrected chi connectivity index (χ0v) is 19.2. The van der Waals surface area contributed by atoms with E-state index in [1.165, 1.54) is 11.3 Å². The highest BCUT2D eigenvalue weighted by Gasteiger charge is 2.23. The Morgan fingerprint density at radius 1 is 1.21 bits per heavy atom. The van der Waals surface area contributed by atoms with Crippen LogP contribution in [0, 0.1) is 6.92 Å². The molecule has 0 aromatic carbocycles. The molecule has 2 N–H and O–H groups in total. The van der Waals surface area contributed by atoms with Gasteiger partial charge < -0.3 is 15.0 Å². The van der Waals surface area contributed by atoms with E-state index in [-0.39, 0.29) is 0 Å². The number of anilines is 3. The lowest BCUT2D eigenvalue weighted by Crippen LogP contribution is -2.51. The first-order valence-electron chi connectivity index (χ1n) is 10.6. The third-order valence-electron chi connectivity index (χ3n) is 5.76. The van der Waals surface area contributed by atoms with Crippen LogP contribution in [0.5, 0.6) is 0 Å². The van der Waals surface area contributed by atoms with Gasteiger partial charge in [-0.15, -0.1) is 0 Å². The normalized spacial score (nSPS) is 15.6. The lowest BCUT2D eigenvalue weighted by Gasteiger charge is -2.37. The minimum absolute atomic E-state index is 0.479. The minimum Gasteiger partial charge on any atom is -0.369 e. The van der Waals surface area contributed by atoms with Gasteiger partial charge in [0.2, 0.25) is 0 Å². The van der Waals surface area contributed by atoms with E-state index in [1.54, 1.807) is 19.5 Å². The number of hydrogen-bond acceptors (Lipinski definition) is 10. The van der Waals surface area contributed by atoms with Gasteiger partial charge in [0.25, 0.3) is 0 Å². The van der Waals surface area contributed by atoms with E-state index >= 15 is 0 Å². The number of rotatable bonds is 7. The molecule has 0 radical (unpaired) electrons. The summed E-state index contributed by atoms with van der Waals surface area (Å²) in [6.45, 7) is 5.10. The molecule has 0 saturated carbocycles. The van der Waals surface area contributed by atoms with Crippen LogP contribution in [0.25, 0.3) is 21.5 Å². The van der Waals surface area contributed by atoms with Crippen LogP contribution < -0.4 is 10.2 Å². The smallest absolute Gasteiger partial charge is 0.190 e. The number of H-pyrrole nitrogens is 1. The molecular formula is C22H24N8O2S. The summed E-state index contributed by atoms with van der Waals surface area (Å²) in [5.74, 6) is 0.725. The average molecular weight is 465 g/mol. The van der Waals surface area contributed by atoms with Crippen molar-refractivity contribution >= 4 is 44.6 Å². The van der Waals surface area contributed by atoms with Crippen LogP contribution in [0.2, 0.25) is 0 Å². The van der Waals surface area contributed by atoms with E-state index in [1.807, 2.05) is 36.2 Å². The molecule has 0 aliphatic carbocycles. The van der Waals surface area contributed by atoms with Gasteiger partial charge in [-0.1, -0.05) is 11.3 Å². The zero-order chi connectivity index (χ0) is 22.8. The van der Waals surface area contributed by atoms with Gasteiger partial charge in [-0.05, 0) is 19.1 Å². The molecule has 10 nitrogen and oxygen atoms in total. The standard InChI is InChI=1S/C22H24N8O2S/c1-14-17(12-25-28-14)15-9-18-21(24-11-15)33-22(26-18)27-19-10-16(3-4-23-19)29-5-7-30(8-6-29)20(13-31)32-2/h3-4,9-13,20H,5-8H2,1-2H3,(H,25,28)(H,23,26,27). The molecular weight excluding hydrogens is 440 g/mol. The number of piperazine rings is 1. The number of nitrogens with zero attached hydrogens (tertiary/aromatic N) is 6.